The van der Waals surface area contributed by atoms with Crippen molar-refractivity contribution in [2.24, 2.45) is 0 Å². The van der Waals surface area contributed by atoms with Crippen molar-refractivity contribution in [1.82, 2.24) is 20.0 Å². The van der Waals surface area contributed by atoms with E-state index in [0.717, 1.165) is 24.2 Å². The monoisotopic (exact) mass is 346 g/mol. The third-order valence-electron chi connectivity index (χ3n) is 4.41. The summed E-state index contributed by atoms with van der Waals surface area (Å²) in [6.07, 6.45) is 3.86. The topological polar surface area (TPSA) is 70.4 Å². The Balaban J connectivity index is 1.56. The molecule has 1 saturated heterocycles. The fraction of sp³-hybridized carbons (Fsp3) is 0.444. The van der Waals surface area contributed by atoms with Crippen LogP contribution < -0.4 is 5.32 Å². The number of nitrogens with one attached hydrogen (secondary N) is 1. The lowest BCUT2D eigenvalue weighted by Crippen LogP contribution is -2.43. The molecule has 2 unspecified atom stereocenters. The van der Waals surface area contributed by atoms with E-state index in [9.17, 15) is 14.3 Å². The molecule has 1 fully saturated rings. The summed E-state index contributed by atoms with van der Waals surface area (Å²) < 4.78 is 14.6. The van der Waals surface area contributed by atoms with E-state index in [4.69, 9.17) is 0 Å². The molecular weight excluding hydrogens is 323 g/mol. The minimum absolute atomic E-state index is 0.0942. The summed E-state index contributed by atoms with van der Waals surface area (Å²) in [6, 6.07) is 7.85. The number of carbonyl (C=O) groups is 1. The average molecular weight is 346 g/mol. The molecule has 134 valence electrons. The molecule has 25 heavy (non-hydrogen) atoms. The van der Waals surface area contributed by atoms with Gasteiger partial charge in [-0.05, 0) is 56.5 Å². The number of hydrogen-bond donors (Lipinski definition) is 2. The second-order valence-corrected chi connectivity index (χ2v) is 6.46. The largest absolute Gasteiger partial charge is 0.393 e. The standard InChI is InChI=1S/C18H23FN4O2/c1-13(24)11-17-3-2-9-22(17)18(25)20-12-15-8-10-23(21-15)16-6-4-14(19)5-7-16/h4-8,10,13,17,24H,2-3,9,11-12H2,1H3,(H,20,25). The molecule has 0 spiro atoms. The van der Waals surface area contributed by atoms with E-state index in [-0.39, 0.29) is 17.9 Å². The normalized spacial score (nSPS) is 18.4. The summed E-state index contributed by atoms with van der Waals surface area (Å²) in [6.45, 7) is 2.79. The Bertz CT molecular complexity index is 714. The van der Waals surface area contributed by atoms with Gasteiger partial charge in [0.25, 0.3) is 0 Å². The van der Waals surface area contributed by atoms with Crippen molar-refractivity contribution in [3.05, 3.63) is 48.0 Å². The van der Waals surface area contributed by atoms with Gasteiger partial charge in [-0.1, -0.05) is 0 Å². The van der Waals surface area contributed by atoms with Crippen molar-refractivity contribution in [2.75, 3.05) is 6.54 Å². The lowest BCUT2D eigenvalue weighted by molar-refractivity contribution is 0.138. The number of nitrogens with zero attached hydrogens (tertiary/aromatic N) is 3. The summed E-state index contributed by atoms with van der Waals surface area (Å²) in [4.78, 5) is 14.2. The third kappa shape index (κ3) is 4.36. The first-order valence-electron chi connectivity index (χ1n) is 8.56. The van der Waals surface area contributed by atoms with Crippen LogP contribution in [-0.4, -0.2) is 44.5 Å². The number of rotatable bonds is 5. The Labute approximate surface area is 146 Å². The Morgan fingerprint density at radius 3 is 2.88 bits per heavy atom. The number of urea groups is 1. The zero-order valence-corrected chi connectivity index (χ0v) is 14.2. The first kappa shape index (κ1) is 17.4. The fourth-order valence-electron chi connectivity index (χ4n) is 3.20. The van der Waals surface area contributed by atoms with Crippen molar-refractivity contribution in [3.8, 4) is 5.69 Å². The van der Waals surface area contributed by atoms with Crippen molar-refractivity contribution in [2.45, 2.75) is 44.9 Å². The van der Waals surface area contributed by atoms with Gasteiger partial charge in [0.15, 0.2) is 0 Å². The van der Waals surface area contributed by atoms with Gasteiger partial charge in [-0.2, -0.15) is 5.10 Å². The van der Waals surface area contributed by atoms with Gasteiger partial charge in [0.05, 0.1) is 24.0 Å². The van der Waals surface area contributed by atoms with Crippen molar-refractivity contribution < 1.29 is 14.3 Å². The highest BCUT2D eigenvalue weighted by molar-refractivity contribution is 5.74. The third-order valence-corrected chi connectivity index (χ3v) is 4.41. The molecule has 2 N–H and O–H groups in total. The molecule has 2 heterocycles. The molecule has 1 aliphatic heterocycles. The van der Waals surface area contributed by atoms with E-state index in [1.807, 2.05) is 6.07 Å². The molecule has 1 aromatic heterocycles. The molecule has 2 aromatic rings. The molecule has 3 rings (SSSR count). The molecule has 1 aromatic carbocycles. The summed E-state index contributed by atoms with van der Waals surface area (Å²) in [7, 11) is 0. The molecule has 0 radical (unpaired) electrons. The number of aliphatic hydroxyl groups excluding tert-OH is 1. The lowest BCUT2D eigenvalue weighted by Gasteiger charge is -2.25. The van der Waals surface area contributed by atoms with E-state index in [0.29, 0.717) is 19.5 Å². The van der Waals surface area contributed by atoms with Crippen LogP contribution in [0.4, 0.5) is 9.18 Å². The van der Waals surface area contributed by atoms with E-state index in [2.05, 4.69) is 10.4 Å². The number of benzene rings is 1. The molecule has 2 atom stereocenters. The van der Waals surface area contributed by atoms with Gasteiger partial charge in [0.1, 0.15) is 5.82 Å². The molecule has 0 saturated carbocycles. The lowest BCUT2D eigenvalue weighted by atomic mass is 10.1. The smallest absolute Gasteiger partial charge is 0.317 e. The highest BCUT2D eigenvalue weighted by Crippen LogP contribution is 2.21. The number of halogens is 1. The van der Waals surface area contributed by atoms with E-state index >= 15 is 0 Å². The molecule has 0 bridgehead atoms. The number of amides is 2. The molecule has 1 aliphatic rings. The van der Waals surface area contributed by atoms with Crippen LogP contribution in [0.1, 0.15) is 31.9 Å². The number of likely N-dealkylation sites (tertiary alicyclic amines) is 1. The van der Waals surface area contributed by atoms with E-state index in [1.54, 1.807) is 34.8 Å². The van der Waals surface area contributed by atoms with E-state index < -0.39 is 6.10 Å². The van der Waals surface area contributed by atoms with Crippen LogP contribution in [0.3, 0.4) is 0 Å². The first-order valence-corrected chi connectivity index (χ1v) is 8.56. The summed E-state index contributed by atoms with van der Waals surface area (Å²) in [5.41, 5.74) is 1.49. The number of aliphatic hydroxyl groups is 1. The SMILES string of the molecule is CC(O)CC1CCCN1C(=O)NCc1ccn(-c2ccc(F)cc2)n1. The zero-order chi connectivity index (χ0) is 17.8. The molecular formula is C18H23FN4O2. The van der Waals surface area contributed by atoms with Crippen molar-refractivity contribution >= 4 is 6.03 Å². The summed E-state index contributed by atoms with van der Waals surface area (Å²) in [5.74, 6) is -0.291. The van der Waals surface area contributed by atoms with Crippen LogP contribution in [0.2, 0.25) is 0 Å². The Morgan fingerprint density at radius 2 is 2.16 bits per heavy atom. The van der Waals surface area contributed by atoms with Gasteiger partial charge in [0, 0.05) is 18.8 Å². The average Bonchev–Trinajstić information content (AvgIpc) is 3.22. The Kier molecular flexibility index (Phi) is 5.33. The second kappa shape index (κ2) is 7.65. The highest BCUT2D eigenvalue weighted by atomic mass is 19.1. The molecule has 0 aliphatic carbocycles. The van der Waals surface area contributed by atoms with E-state index in [1.165, 1.54) is 12.1 Å². The quantitative estimate of drug-likeness (QED) is 0.874. The van der Waals surface area contributed by atoms with Crippen LogP contribution in [0, 0.1) is 5.82 Å². The molecule has 7 heteroatoms. The molecule has 6 nitrogen and oxygen atoms in total. The fourth-order valence-corrected chi connectivity index (χ4v) is 3.20. The maximum atomic E-state index is 13.0. The predicted octanol–water partition coefficient (Wildman–Crippen LogP) is 2.46. The van der Waals surface area contributed by atoms with Crippen LogP contribution in [0.25, 0.3) is 5.69 Å². The summed E-state index contributed by atoms with van der Waals surface area (Å²) in [5, 5.41) is 16.8. The predicted molar refractivity (Wildman–Crippen MR) is 91.8 cm³/mol. The zero-order valence-electron chi connectivity index (χ0n) is 14.2. The number of carbonyl (C=O) groups excluding carboxylic acids is 1. The highest BCUT2D eigenvalue weighted by Gasteiger charge is 2.29. The van der Waals surface area contributed by atoms with Gasteiger partial charge < -0.3 is 15.3 Å². The number of hydrogen-bond acceptors (Lipinski definition) is 3. The first-order chi connectivity index (χ1) is 12.0. The van der Waals surface area contributed by atoms with Gasteiger partial charge >= 0.3 is 6.03 Å². The van der Waals surface area contributed by atoms with Gasteiger partial charge in [-0.25, -0.2) is 13.9 Å². The van der Waals surface area contributed by atoms with Gasteiger partial charge in [-0.3, -0.25) is 0 Å². The minimum atomic E-state index is -0.412. The van der Waals surface area contributed by atoms with Crippen LogP contribution in [0.15, 0.2) is 36.5 Å². The molecule has 2 amide bonds. The number of aromatic nitrogens is 2. The van der Waals surface area contributed by atoms with Gasteiger partial charge in [0.2, 0.25) is 0 Å². The van der Waals surface area contributed by atoms with Crippen LogP contribution >= 0.6 is 0 Å². The van der Waals surface area contributed by atoms with Crippen molar-refractivity contribution in [3.63, 3.8) is 0 Å². The van der Waals surface area contributed by atoms with Gasteiger partial charge in [-0.15, -0.1) is 0 Å². The Morgan fingerprint density at radius 1 is 1.40 bits per heavy atom. The van der Waals surface area contributed by atoms with Crippen LogP contribution in [0.5, 0.6) is 0 Å². The maximum absolute atomic E-state index is 13.0. The minimum Gasteiger partial charge on any atom is -0.393 e. The summed E-state index contributed by atoms with van der Waals surface area (Å²) >= 11 is 0. The Hall–Kier alpha value is -2.41. The van der Waals surface area contributed by atoms with Crippen molar-refractivity contribution in [1.29, 1.82) is 0 Å². The maximum Gasteiger partial charge on any atom is 0.317 e. The second-order valence-electron chi connectivity index (χ2n) is 6.46. The van der Waals surface area contributed by atoms with Crippen LogP contribution in [-0.2, 0) is 6.54 Å².